The fraction of sp³-hybridized carbons (Fsp3) is 0.286. The Bertz CT molecular complexity index is 118. The number of carbonyl (C=O) groups is 1. The van der Waals surface area contributed by atoms with Gasteiger partial charge in [0.1, 0.15) is 0 Å². The second-order valence-electron chi connectivity index (χ2n) is 1.57. The number of rotatable bonds is 4. The number of nitrogens with zero attached hydrogens (tertiary/aromatic N) is 1. The molecule has 0 aromatic rings. The Labute approximate surface area is 55.5 Å². The van der Waals surface area contributed by atoms with Crippen LogP contribution in [0.1, 0.15) is 6.92 Å². The van der Waals surface area contributed by atoms with E-state index in [0.717, 1.165) is 6.41 Å². The molecule has 0 aliphatic carbocycles. The molecule has 0 saturated heterocycles. The molecule has 0 unspecified atom stereocenters. The summed E-state index contributed by atoms with van der Waals surface area (Å²) in [6.07, 6.45) is 5.95. The molecule has 1 amide bonds. The van der Waals surface area contributed by atoms with Crippen LogP contribution in [0, 0.1) is 0 Å². The van der Waals surface area contributed by atoms with Gasteiger partial charge in [-0.25, -0.2) is 0 Å². The Morgan fingerprint density at radius 1 is 1.67 bits per heavy atom. The van der Waals surface area contributed by atoms with Gasteiger partial charge < -0.3 is 4.90 Å². The highest BCUT2D eigenvalue weighted by Crippen LogP contribution is 1.83. The van der Waals surface area contributed by atoms with E-state index in [0.29, 0.717) is 6.54 Å². The van der Waals surface area contributed by atoms with Crippen LogP contribution in [0.15, 0.2) is 24.9 Å². The lowest BCUT2D eigenvalue weighted by atomic mass is 10.5. The van der Waals surface area contributed by atoms with E-state index in [9.17, 15) is 4.79 Å². The van der Waals surface area contributed by atoms with Crippen molar-refractivity contribution in [3.05, 3.63) is 24.9 Å². The van der Waals surface area contributed by atoms with Gasteiger partial charge in [-0.15, -0.1) is 6.58 Å². The van der Waals surface area contributed by atoms with Crippen LogP contribution in [0.4, 0.5) is 0 Å². The molecule has 0 bridgehead atoms. The normalized spacial score (nSPS) is 9.44. The van der Waals surface area contributed by atoms with Crippen LogP contribution in [0.2, 0.25) is 0 Å². The largest absolute Gasteiger partial charge is 0.318 e. The molecule has 0 aliphatic rings. The van der Waals surface area contributed by atoms with Gasteiger partial charge in [0, 0.05) is 12.7 Å². The summed E-state index contributed by atoms with van der Waals surface area (Å²) < 4.78 is 0. The summed E-state index contributed by atoms with van der Waals surface area (Å²) in [4.78, 5) is 11.6. The number of amides is 1. The highest BCUT2D eigenvalue weighted by molar-refractivity contribution is 5.49. The summed E-state index contributed by atoms with van der Waals surface area (Å²) >= 11 is 0. The molecule has 0 aliphatic heterocycles. The summed E-state index contributed by atoms with van der Waals surface area (Å²) in [5, 5.41) is 0. The van der Waals surface area contributed by atoms with Gasteiger partial charge in [-0.1, -0.05) is 12.2 Å². The van der Waals surface area contributed by atoms with Crippen molar-refractivity contribution in [2.45, 2.75) is 6.92 Å². The average Bonchev–Trinajstić information content (AvgIpc) is 1.88. The van der Waals surface area contributed by atoms with Crippen molar-refractivity contribution in [1.29, 1.82) is 0 Å². The van der Waals surface area contributed by atoms with E-state index >= 15 is 0 Å². The van der Waals surface area contributed by atoms with Gasteiger partial charge in [-0.3, -0.25) is 4.79 Å². The minimum Gasteiger partial charge on any atom is -0.318 e. The zero-order valence-corrected chi connectivity index (χ0v) is 5.58. The lowest BCUT2D eigenvalue weighted by Crippen LogP contribution is -2.13. The lowest BCUT2D eigenvalue weighted by Gasteiger charge is -2.06. The smallest absolute Gasteiger partial charge is 0.213 e. The van der Waals surface area contributed by atoms with Crippen molar-refractivity contribution in [2.24, 2.45) is 0 Å². The minimum absolute atomic E-state index is 0.577. The van der Waals surface area contributed by atoms with Crippen LogP contribution >= 0.6 is 0 Å². The molecular formula is C7H11NO. The molecule has 50 valence electrons. The van der Waals surface area contributed by atoms with E-state index in [1.165, 1.54) is 4.90 Å². The van der Waals surface area contributed by atoms with Crippen LogP contribution in [-0.2, 0) is 4.79 Å². The number of hydrogen-bond acceptors (Lipinski definition) is 1. The summed E-state index contributed by atoms with van der Waals surface area (Å²) in [5.74, 6) is 0. The molecule has 2 nitrogen and oxygen atoms in total. The first kappa shape index (κ1) is 7.95. The van der Waals surface area contributed by atoms with Gasteiger partial charge in [-0.05, 0) is 6.92 Å². The number of allylic oxidation sites excluding steroid dienone is 1. The molecule has 2 heteroatoms. The molecule has 0 fully saturated rings. The van der Waals surface area contributed by atoms with Crippen LogP contribution in [0.25, 0.3) is 0 Å². The molecule has 0 aromatic carbocycles. The highest BCUT2D eigenvalue weighted by Gasteiger charge is 1.87. The minimum atomic E-state index is 0.577. The van der Waals surface area contributed by atoms with E-state index < -0.39 is 0 Å². The maximum absolute atomic E-state index is 10.1. The van der Waals surface area contributed by atoms with E-state index in [-0.39, 0.29) is 0 Å². The topological polar surface area (TPSA) is 20.3 Å². The van der Waals surface area contributed by atoms with E-state index in [1.54, 1.807) is 18.4 Å². The number of carbonyl (C=O) groups excluding carboxylic acids is 1. The Hall–Kier alpha value is -1.05. The standard InChI is InChI=1S/C7H11NO/c1-3-5-8(7-9)6-4-2/h3-4,6-7H,1,5H2,2H3/b6-4-. The summed E-state index contributed by atoms with van der Waals surface area (Å²) in [5.41, 5.74) is 0. The summed E-state index contributed by atoms with van der Waals surface area (Å²) in [6.45, 7) is 5.93. The molecule has 0 N–H and O–H groups in total. The maximum atomic E-state index is 10.1. The third-order valence-corrected chi connectivity index (χ3v) is 0.816. The first-order chi connectivity index (χ1) is 4.35. The van der Waals surface area contributed by atoms with Crippen LogP contribution in [0.3, 0.4) is 0 Å². The van der Waals surface area contributed by atoms with Gasteiger partial charge in [0.15, 0.2) is 0 Å². The van der Waals surface area contributed by atoms with Crippen molar-refractivity contribution in [3.8, 4) is 0 Å². The molecule has 0 radical (unpaired) electrons. The zero-order chi connectivity index (χ0) is 7.11. The molecular weight excluding hydrogens is 114 g/mol. The fourth-order valence-electron chi connectivity index (χ4n) is 0.480. The quantitative estimate of drug-likeness (QED) is 0.408. The Kier molecular flexibility index (Phi) is 4.50. The van der Waals surface area contributed by atoms with Gasteiger partial charge in [0.25, 0.3) is 0 Å². The molecule has 0 heterocycles. The predicted molar refractivity (Wildman–Crippen MR) is 37.8 cm³/mol. The van der Waals surface area contributed by atoms with E-state index in [1.807, 2.05) is 6.92 Å². The van der Waals surface area contributed by atoms with Crippen molar-refractivity contribution in [2.75, 3.05) is 6.54 Å². The molecule has 0 spiro atoms. The van der Waals surface area contributed by atoms with Crippen molar-refractivity contribution in [3.63, 3.8) is 0 Å². The number of hydrogen-bond donors (Lipinski definition) is 0. The van der Waals surface area contributed by atoms with Gasteiger partial charge in [-0.2, -0.15) is 0 Å². The SMILES string of the molecule is C=CCN(C=O)/C=C\C. The third-order valence-electron chi connectivity index (χ3n) is 0.816. The summed E-state index contributed by atoms with van der Waals surface area (Å²) in [6, 6.07) is 0. The predicted octanol–water partition coefficient (Wildman–Crippen LogP) is 1.16. The first-order valence-corrected chi connectivity index (χ1v) is 2.80. The Morgan fingerprint density at radius 3 is 2.67 bits per heavy atom. The molecule has 0 saturated carbocycles. The Morgan fingerprint density at radius 2 is 2.33 bits per heavy atom. The fourth-order valence-corrected chi connectivity index (χ4v) is 0.480. The zero-order valence-electron chi connectivity index (χ0n) is 5.58. The first-order valence-electron chi connectivity index (χ1n) is 2.80. The molecule has 9 heavy (non-hydrogen) atoms. The van der Waals surface area contributed by atoms with Crippen molar-refractivity contribution >= 4 is 6.41 Å². The maximum Gasteiger partial charge on any atom is 0.213 e. The second-order valence-corrected chi connectivity index (χ2v) is 1.57. The van der Waals surface area contributed by atoms with Crippen molar-refractivity contribution < 1.29 is 4.79 Å². The lowest BCUT2D eigenvalue weighted by molar-refractivity contribution is -0.115. The van der Waals surface area contributed by atoms with Crippen molar-refractivity contribution in [1.82, 2.24) is 4.90 Å². The van der Waals surface area contributed by atoms with Gasteiger partial charge in [0.05, 0.1) is 0 Å². The molecule has 0 rings (SSSR count). The average molecular weight is 125 g/mol. The third kappa shape index (κ3) is 3.53. The Balaban J connectivity index is 3.66. The van der Waals surface area contributed by atoms with Crippen LogP contribution in [0.5, 0.6) is 0 Å². The summed E-state index contributed by atoms with van der Waals surface area (Å²) in [7, 11) is 0. The second kappa shape index (κ2) is 5.09. The van der Waals surface area contributed by atoms with Crippen LogP contribution < -0.4 is 0 Å². The van der Waals surface area contributed by atoms with Crippen LogP contribution in [-0.4, -0.2) is 17.9 Å². The van der Waals surface area contributed by atoms with E-state index in [2.05, 4.69) is 6.58 Å². The van der Waals surface area contributed by atoms with E-state index in [4.69, 9.17) is 0 Å². The molecule has 0 aromatic heterocycles. The highest BCUT2D eigenvalue weighted by atomic mass is 16.1. The van der Waals surface area contributed by atoms with Gasteiger partial charge >= 0.3 is 0 Å². The molecule has 0 atom stereocenters. The monoisotopic (exact) mass is 125 g/mol. The van der Waals surface area contributed by atoms with Gasteiger partial charge in [0.2, 0.25) is 6.41 Å².